The lowest BCUT2D eigenvalue weighted by molar-refractivity contribution is 0.0697. The van der Waals surface area contributed by atoms with Gasteiger partial charge >= 0.3 is 5.97 Å². The van der Waals surface area contributed by atoms with Crippen LogP contribution in [-0.4, -0.2) is 11.1 Å². The van der Waals surface area contributed by atoms with Gasteiger partial charge in [0.25, 0.3) is 0 Å². The number of carboxylic acids is 1. The van der Waals surface area contributed by atoms with Crippen molar-refractivity contribution in [2.24, 2.45) is 11.8 Å². The van der Waals surface area contributed by atoms with Crippen molar-refractivity contribution < 1.29 is 9.90 Å². The lowest BCUT2D eigenvalue weighted by atomic mass is 9.86. The smallest absolute Gasteiger partial charge is 0.336 e. The predicted octanol–water partition coefficient (Wildman–Crippen LogP) is 4.94. The Bertz CT molecular complexity index is 654. The van der Waals surface area contributed by atoms with Crippen molar-refractivity contribution in [3.05, 3.63) is 47.0 Å². The Morgan fingerprint density at radius 1 is 1.05 bits per heavy atom. The van der Waals surface area contributed by atoms with Crippen LogP contribution in [0.5, 0.6) is 0 Å². The third-order valence-electron chi connectivity index (χ3n) is 3.70. The molecule has 0 aliphatic rings. The molecule has 0 fully saturated rings. The van der Waals surface area contributed by atoms with Crippen molar-refractivity contribution in [2.75, 3.05) is 0 Å². The maximum absolute atomic E-state index is 11.9. The average molecular weight is 284 g/mol. The maximum atomic E-state index is 11.9. The van der Waals surface area contributed by atoms with E-state index in [1.165, 1.54) is 5.56 Å². The Morgan fingerprint density at radius 3 is 2.24 bits per heavy atom. The number of carboxylic acid groups (broad SMARTS) is 1. The molecular weight excluding hydrogens is 260 g/mol. The summed E-state index contributed by atoms with van der Waals surface area (Å²) in [4.78, 5) is 11.9. The van der Waals surface area contributed by atoms with Crippen LogP contribution < -0.4 is 0 Å². The van der Waals surface area contributed by atoms with Crippen molar-refractivity contribution in [1.29, 1.82) is 0 Å². The molecule has 0 spiro atoms. The zero-order chi connectivity index (χ0) is 15.6. The first kappa shape index (κ1) is 15.6. The Balaban J connectivity index is 2.76. The minimum atomic E-state index is -0.813. The number of hydrogen-bond acceptors (Lipinski definition) is 1. The second-order valence-electron chi connectivity index (χ2n) is 6.61. The minimum absolute atomic E-state index is 0.440. The highest BCUT2D eigenvalue weighted by Crippen LogP contribution is 2.29. The summed E-state index contributed by atoms with van der Waals surface area (Å²) in [5.74, 6) is 0.140. The van der Waals surface area contributed by atoms with Crippen molar-refractivity contribution in [3.63, 3.8) is 0 Å². The summed E-state index contributed by atoms with van der Waals surface area (Å²) < 4.78 is 0. The van der Waals surface area contributed by atoms with Gasteiger partial charge in [0.05, 0.1) is 5.56 Å². The summed E-state index contributed by atoms with van der Waals surface area (Å²) >= 11 is 0. The van der Waals surface area contributed by atoms with Gasteiger partial charge in [-0.3, -0.25) is 0 Å². The first-order valence-corrected chi connectivity index (χ1v) is 7.67. The van der Waals surface area contributed by atoms with Gasteiger partial charge in [0.1, 0.15) is 0 Å². The molecule has 0 amide bonds. The van der Waals surface area contributed by atoms with Gasteiger partial charge in [-0.05, 0) is 46.6 Å². The normalized spacial score (nSPS) is 11.5. The van der Waals surface area contributed by atoms with Gasteiger partial charge in [-0.25, -0.2) is 4.79 Å². The Kier molecular flexibility index (Phi) is 4.66. The second-order valence-corrected chi connectivity index (χ2v) is 6.61. The topological polar surface area (TPSA) is 37.3 Å². The van der Waals surface area contributed by atoms with E-state index in [0.29, 0.717) is 17.4 Å². The first-order chi connectivity index (χ1) is 9.90. The number of aromatic carboxylic acids is 1. The lowest BCUT2D eigenvalue weighted by Gasteiger charge is -2.18. The number of fused-ring (bicyclic) bond motifs is 1. The number of hydrogen-bond donors (Lipinski definition) is 1. The van der Waals surface area contributed by atoms with Crippen LogP contribution in [0.2, 0.25) is 0 Å². The summed E-state index contributed by atoms with van der Waals surface area (Å²) in [5.41, 5.74) is 2.71. The summed E-state index contributed by atoms with van der Waals surface area (Å²) in [7, 11) is 0. The quantitative estimate of drug-likeness (QED) is 0.844. The highest BCUT2D eigenvalue weighted by Gasteiger charge is 2.19. The fraction of sp³-hybridized carbons (Fsp3) is 0.421. The van der Waals surface area contributed by atoms with Crippen molar-refractivity contribution in [3.8, 4) is 0 Å². The summed E-state index contributed by atoms with van der Waals surface area (Å²) in [5, 5.41) is 11.6. The molecule has 0 radical (unpaired) electrons. The van der Waals surface area contributed by atoms with Crippen molar-refractivity contribution in [1.82, 2.24) is 0 Å². The molecule has 2 heteroatoms. The molecule has 0 atom stereocenters. The highest BCUT2D eigenvalue weighted by molar-refractivity contribution is 6.05. The van der Waals surface area contributed by atoms with Gasteiger partial charge in [-0.2, -0.15) is 0 Å². The van der Waals surface area contributed by atoms with E-state index in [4.69, 9.17) is 0 Å². The molecule has 0 aliphatic heterocycles. The van der Waals surface area contributed by atoms with Crippen molar-refractivity contribution in [2.45, 2.75) is 40.5 Å². The van der Waals surface area contributed by atoms with Crippen LogP contribution in [-0.2, 0) is 12.8 Å². The van der Waals surface area contributed by atoms with E-state index in [0.717, 1.165) is 29.2 Å². The third kappa shape index (κ3) is 3.44. The number of rotatable bonds is 5. The van der Waals surface area contributed by atoms with Gasteiger partial charge in [0.15, 0.2) is 0 Å². The Morgan fingerprint density at radius 2 is 1.67 bits per heavy atom. The standard InChI is InChI=1S/C19H24O2/c1-12(2)9-15-11-14-7-5-6-8-16(14)18(19(20)21)17(15)10-13(3)4/h5-8,11-13H,9-10H2,1-4H3,(H,20,21). The molecule has 2 rings (SSSR count). The van der Waals surface area contributed by atoms with Crippen LogP contribution in [0.4, 0.5) is 0 Å². The monoisotopic (exact) mass is 284 g/mol. The molecule has 2 aromatic carbocycles. The molecule has 0 unspecified atom stereocenters. The average Bonchev–Trinajstić information content (AvgIpc) is 2.37. The molecule has 112 valence electrons. The molecule has 1 N–H and O–H groups in total. The van der Waals surface area contributed by atoms with Crippen LogP contribution >= 0.6 is 0 Å². The van der Waals surface area contributed by atoms with Gasteiger partial charge in [-0.1, -0.05) is 58.0 Å². The van der Waals surface area contributed by atoms with Crippen LogP contribution in [0.1, 0.15) is 49.2 Å². The van der Waals surface area contributed by atoms with Gasteiger partial charge in [0.2, 0.25) is 0 Å². The molecule has 0 aromatic heterocycles. The lowest BCUT2D eigenvalue weighted by Crippen LogP contribution is -2.11. The van der Waals surface area contributed by atoms with E-state index in [-0.39, 0.29) is 0 Å². The second kappa shape index (κ2) is 6.30. The predicted molar refractivity (Wildman–Crippen MR) is 88.0 cm³/mol. The van der Waals surface area contributed by atoms with E-state index in [9.17, 15) is 9.90 Å². The zero-order valence-electron chi connectivity index (χ0n) is 13.3. The van der Waals surface area contributed by atoms with Crippen LogP contribution in [0.3, 0.4) is 0 Å². The summed E-state index contributed by atoms with van der Waals surface area (Å²) in [6.45, 7) is 8.63. The Labute approximate surface area is 126 Å². The molecule has 0 bridgehead atoms. The van der Waals surface area contributed by atoms with Gasteiger partial charge in [0, 0.05) is 0 Å². The Hall–Kier alpha value is -1.83. The molecule has 0 aliphatic carbocycles. The molecule has 0 saturated heterocycles. The fourth-order valence-corrected chi connectivity index (χ4v) is 2.96. The minimum Gasteiger partial charge on any atom is -0.478 e. The van der Waals surface area contributed by atoms with E-state index in [1.807, 2.05) is 24.3 Å². The highest BCUT2D eigenvalue weighted by atomic mass is 16.4. The first-order valence-electron chi connectivity index (χ1n) is 7.67. The van der Waals surface area contributed by atoms with Crippen molar-refractivity contribution >= 4 is 16.7 Å². The molecule has 21 heavy (non-hydrogen) atoms. The van der Waals surface area contributed by atoms with Gasteiger partial charge in [-0.15, -0.1) is 0 Å². The molecule has 0 heterocycles. The SMILES string of the molecule is CC(C)Cc1cc2ccccc2c(C(=O)O)c1CC(C)C. The van der Waals surface area contributed by atoms with Gasteiger partial charge < -0.3 is 5.11 Å². The van der Waals surface area contributed by atoms with E-state index >= 15 is 0 Å². The number of benzene rings is 2. The summed E-state index contributed by atoms with van der Waals surface area (Å²) in [6, 6.07) is 9.98. The largest absolute Gasteiger partial charge is 0.478 e. The van der Waals surface area contributed by atoms with E-state index in [1.54, 1.807) is 0 Å². The van der Waals surface area contributed by atoms with E-state index in [2.05, 4.69) is 33.8 Å². The van der Waals surface area contributed by atoms with Crippen LogP contribution in [0.15, 0.2) is 30.3 Å². The number of carbonyl (C=O) groups is 1. The van der Waals surface area contributed by atoms with E-state index < -0.39 is 5.97 Å². The fourth-order valence-electron chi connectivity index (χ4n) is 2.96. The maximum Gasteiger partial charge on any atom is 0.336 e. The molecular formula is C19H24O2. The third-order valence-corrected chi connectivity index (χ3v) is 3.70. The summed E-state index contributed by atoms with van der Waals surface area (Å²) in [6.07, 6.45) is 1.74. The zero-order valence-corrected chi connectivity index (χ0v) is 13.3. The van der Waals surface area contributed by atoms with Crippen LogP contribution in [0.25, 0.3) is 10.8 Å². The van der Waals surface area contributed by atoms with Crippen LogP contribution in [0, 0.1) is 11.8 Å². The molecule has 2 aromatic rings. The molecule has 2 nitrogen and oxygen atoms in total. The molecule has 0 saturated carbocycles.